The summed E-state index contributed by atoms with van der Waals surface area (Å²) in [6, 6.07) is 9.36. The number of carbonyl (C=O) groups is 1. The first-order valence-electron chi connectivity index (χ1n) is 7.44. The van der Waals surface area contributed by atoms with Gasteiger partial charge in [-0.25, -0.2) is 4.98 Å². The van der Waals surface area contributed by atoms with E-state index in [9.17, 15) is 22.8 Å². The second kappa shape index (κ2) is 6.16. The quantitative estimate of drug-likeness (QED) is 0.729. The maximum absolute atomic E-state index is 13.0. The Morgan fingerprint density at radius 3 is 2.60 bits per heavy atom. The van der Waals surface area contributed by atoms with Crippen molar-refractivity contribution < 1.29 is 18.0 Å². The summed E-state index contributed by atoms with van der Waals surface area (Å²) in [6.07, 6.45) is -3.17. The van der Waals surface area contributed by atoms with E-state index in [1.165, 1.54) is 25.3 Å². The molecule has 0 amide bonds. The summed E-state index contributed by atoms with van der Waals surface area (Å²) in [5.41, 5.74) is -0.919. The van der Waals surface area contributed by atoms with Crippen LogP contribution < -0.4 is 5.56 Å². The fraction of sp³-hybridized carbons (Fsp3) is 0.167. The maximum Gasteiger partial charge on any atom is 0.416 e. The molecule has 3 rings (SSSR count). The van der Waals surface area contributed by atoms with Gasteiger partial charge in [0.15, 0.2) is 0 Å². The van der Waals surface area contributed by atoms with Crippen LogP contribution in [0.1, 0.15) is 18.1 Å². The number of nitrogens with zero attached hydrogens (tertiary/aromatic N) is 2. The van der Waals surface area contributed by atoms with Gasteiger partial charge in [0, 0.05) is 23.6 Å². The van der Waals surface area contributed by atoms with Crippen molar-refractivity contribution in [1.82, 2.24) is 9.55 Å². The van der Waals surface area contributed by atoms with Crippen molar-refractivity contribution in [2.45, 2.75) is 19.5 Å². The molecule has 0 unspecified atom stereocenters. The topological polar surface area (TPSA) is 52.0 Å². The molecule has 7 heteroatoms. The lowest BCUT2D eigenvalue weighted by Crippen LogP contribution is -2.25. The Morgan fingerprint density at radius 2 is 1.92 bits per heavy atom. The highest BCUT2D eigenvalue weighted by Crippen LogP contribution is 2.30. The highest BCUT2D eigenvalue weighted by Gasteiger charge is 2.30. The summed E-state index contributed by atoms with van der Waals surface area (Å²) in [5.74, 6) is -0.212. The first kappa shape index (κ1) is 16.9. The van der Waals surface area contributed by atoms with E-state index in [0.29, 0.717) is 5.39 Å². The number of halogens is 3. The number of ketones is 1. The smallest absolute Gasteiger partial charge is 0.300 e. The van der Waals surface area contributed by atoms with Crippen LogP contribution in [-0.4, -0.2) is 15.3 Å². The van der Waals surface area contributed by atoms with E-state index >= 15 is 0 Å². The summed E-state index contributed by atoms with van der Waals surface area (Å²) >= 11 is 0. The molecule has 0 fully saturated rings. The number of fused-ring (bicyclic) bond motifs is 1. The lowest BCUT2D eigenvalue weighted by atomic mass is 10.1. The molecule has 0 atom stereocenters. The van der Waals surface area contributed by atoms with E-state index in [0.717, 1.165) is 16.7 Å². The molecular weight excluding hydrogens is 333 g/mol. The van der Waals surface area contributed by atoms with Gasteiger partial charge >= 0.3 is 6.18 Å². The second-order valence-corrected chi connectivity index (χ2v) is 5.65. The minimum atomic E-state index is -4.53. The molecule has 128 valence electrons. The normalized spacial score (nSPS) is 11.7. The number of rotatable bonds is 3. The van der Waals surface area contributed by atoms with Gasteiger partial charge < -0.3 is 0 Å². The van der Waals surface area contributed by atoms with Gasteiger partial charge in [-0.15, -0.1) is 0 Å². The summed E-state index contributed by atoms with van der Waals surface area (Å²) in [6.45, 7) is 1.35. The monoisotopic (exact) mass is 346 g/mol. The standard InChI is InChI=1S/C18H13F3N2O2/c1-11(24)8-13-9-12-4-3-7-22-16(12)23(17(13)25)15-6-2-5-14(10-15)18(19,20)21/h2-7,9-10H,8H2,1H3. The zero-order chi connectivity index (χ0) is 18.2. The Labute approximate surface area is 140 Å². The van der Waals surface area contributed by atoms with Gasteiger partial charge in [0.1, 0.15) is 11.4 Å². The molecular formula is C18H13F3N2O2. The molecule has 4 nitrogen and oxygen atoms in total. The van der Waals surface area contributed by atoms with Crippen molar-refractivity contribution in [3.8, 4) is 5.69 Å². The predicted octanol–water partition coefficient (Wildman–Crippen LogP) is 3.54. The van der Waals surface area contributed by atoms with Gasteiger partial charge in [0.2, 0.25) is 0 Å². The number of aromatic nitrogens is 2. The molecule has 0 aliphatic carbocycles. The van der Waals surface area contributed by atoms with E-state index in [-0.39, 0.29) is 29.1 Å². The van der Waals surface area contributed by atoms with E-state index in [1.54, 1.807) is 18.2 Å². The lowest BCUT2D eigenvalue weighted by Gasteiger charge is -2.14. The SMILES string of the molecule is CC(=O)Cc1cc2cccnc2n(-c2cccc(C(F)(F)F)c2)c1=O. The number of benzene rings is 1. The molecule has 0 saturated carbocycles. The Hall–Kier alpha value is -2.96. The van der Waals surface area contributed by atoms with E-state index in [1.807, 2.05) is 0 Å². The molecule has 0 aliphatic heterocycles. The van der Waals surface area contributed by atoms with Crippen LogP contribution in [0, 0.1) is 0 Å². The summed E-state index contributed by atoms with van der Waals surface area (Å²) < 4.78 is 40.1. The van der Waals surface area contributed by atoms with Crippen LogP contribution in [0.2, 0.25) is 0 Å². The molecule has 0 aliphatic rings. The maximum atomic E-state index is 13.0. The van der Waals surface area contributed by atoms with Crippen LogP contribution in [0.5, 0.6) is 0 Å². The number of Topliss-reactive ketones (excluding diaryl/α,β-unsaturated/α-hetero) is 1. The average Bonchev–Trinajstić information content (AvgIpc) is 2.54. The molecule has 0 spiro atoms. The van der Waals surface area contributed by atoms with Crippen LogP contribution in [-0.2, 0) is 17.4 Å². The third-order valence-corrected chi connectivity index (χ3v) is 3.71. The number of alkyl halides is 3. The number of hydrogen-bond acceptors (Lipinski definition) is 3. The van der Waals surface area contributed by atoms with E-state index < -0.39 is 17.3 Å². The van der Waals surface area contributed by atoms with Crippen molar-refractivity contribution in [2.75, 3.05) is 0 Å². The molecule has 3 aromatic rings. The van der Waals surface area contributed by atoms with Gasteiger partial charge in [-0.2, -0.15) is 13.2 Å². The van der Waals surface area contributed by atoms with Crippen molar-refractivity contribution in [1.29, 1.82) is 0 Å². The van der Waals surface area contributed by atoms with Crippen LogP contribution in [0.25, 0.3) is 16.7 Å². The molecule has 0 radical (unpaired) electrons. The minimum absolute atomic E-state index is 0.0499. The predicted molar refractivity (Wildman–Crippen MR) is 86.7 cm³/mol. The van der Waals surface area contributed by atoms with E-state index in [4.69, 9.17) is 0 Å². The summed E-state index contributed by atoms with van der Waals surface area (Å²) in [5, 5.41) is 0.566. The Kier molecular flexibility index (Phi) is 4.16. The highest BCUT2D eigenvalue weighted by molar-refractivity contribution is 5.82. The second-order valence-electron chi connectivity index (χ2n) is 5.65. The average molecular weight is 346 g/mol. The van der Waals surface area contributed by atoms with Crippen molar-refractivity contribution >= 4 is 16.8 Å². The van der Waals surface area contributed by atoms with Crippen LogP contribution in [0.3, 0.4) is 0 Å². The van der Waals surface area contributed by atoms with Crippen molar-refractivity contribution in [3.63, 3.8) is 0 Å². The fourth-order valence-corrected chi connectivity index (χ4v) is 2.65. The third kappa shape index (κ3) is 3.31. The third-order valence-electron chi connectivity index (χ3n) is 3.71. The summed E-state index contributed by atoms with van der Waals surface area (Å²) in [7, 11) is 0. The van der Waals surface area contributed by atoms with Gasteiger partial charge in [-0.1, -0.05) is 6.07 Å². The van der Waals surface area contributed by atoms with Crippen molar-refractivity contribution in [2.24, 2.45) is 0 Å². The lowest BCUT2D eigenvalue weighted by molar-refractivity contribution is -0.137. The first-order chi connectivity index (χ1) is 11.8. The zero-order valence-corrected chi connectivity index (χ0v) is 13.2. The highest BCUT2D eigenvalue weighted by atomic mass is 19.4. The van der Waals surface area contributed by atoms with Gasteiger partial charge in [-0.05, 0) is 43.3 Å². The van der Waals surface area contributed by atoms with Gasteiger partial charge in [-0.3, -0.25) is 14.2 Å². The molecule has 2 aromatic heterocycles. The summed E-state index contributed by atoms with van der Waals surface area (Å²) in [4.78, 5) is 28.3. The van der Waals surface area contributed by atoms with Gasteiger partial charge in [0.05, 0.1) is 11.3 Å². The molecule has 25 heavy (non-hydrogen) atoms. The number of carbonyl (C=O) groups excluding carboxylic acids is 1. The first-order valence-corrected chi connectivity index (χ1v) is 7.44. The number of hydrogen-bond donors (Lipinski definition) is 0. The van der Waals surface area contributed by atoms with Crippen LogP contribution >= 0.6 is 0 Å². The minimum Gasteiger partial charge on any atom is -0.300 e. The number of pyridine rings is 2. The zero-order valence-electron chi connectivity index (χ0n) is 13.2. The van der Waals surface area contributed by atoms with Crippen LogP contribution in [0.15, 0.2) is 53.5 Å². The molecule has 1 aromatic carbocycles. The van der Waals surface area contributed by atoms with Crippen molar-refractivity contribution in [3.05, 3.63) is 70.1 Å². The Balaban J connectivity index is 2.33. The van der Waals surface area contributed by atoms with Crippen LogP contribution in [0.4, 0.5) is 13.2 Å². The molecule has 0 bridgehead atoms. The Morgan fingerprint density at radius 1 is 1.16 bits per heavy atom. The fourth-order valence-electron chi connectivity index (χ4n) is 2.65. The molecule has 2 heterocycles. The Bertz CT molecular complexity index is 1020. The molecule has 0 N–H and O–H groups in total. The largest absolute Gasteiger partial charge is 0.416 e. The van der Waals surface area contributed by atoms with E-state index in [2.05, 4.69) is 4.98 Å². The molecule has 0 saturated heterocycles. The van der Waals surface area contributed by atoms with Gasteiger partial charge in [0.25, 0.3) is 5.56 Å².